The highest BCUT2D eigenvalue weighted by Gasteiger charge is 2.27. The van der Waals surface area contributed by atoms with Crippen LogP contribution in [0.5, 0.6) is 0 Å². The molecule has 1 aliphatic heterocycles. The van der Waals surface area contributed by atoms with Crippen molar-refractivity contribution in [2.24, 2.45) is 0 Å². The van der Waals surface area contributed by atoms with E-state index in [2.05, 4.69) is 26.2 Å². The molecule has 0 fully saturated rings. The molecular weight excluding hydrogens is 320 g/mol. The first-order valence-electron chi connectivity index (χ1n) is 6.36. The fraction of sp³-hybridized carbons (Fsp3) is 0.200. The van der Waals surface area contributed by atoms with Crippen LogP contribution in [-0.2, 0) is 16.0 Å². The minimum atomic E-state index is -0.569. The molecule has 1 unspecified atom stereocenters. The molecule has 1 aromatic carbocycles. The maximum Gasteiger partial charge on any atom is 0.259 e. The molecule has 1 atom stereocenters. The zero-order valence-electron chi connectivity index (χ0n) is 10.7. The summed E-state index contributed by atoms with van der Waals surface area (Å²) in [6, 6.07) is 11.4. The van der Waals surface area contributed by atoms with E-state index in [1.54, 1.807) is 12.3 Å². The van der Waals surface area contributed by atoms with E-state index >= 15 is 0 Å². The number of hydrogen-bond acceptors (Lipinski definition) is 3. The van der Waals surface area contributed by atoms with Gasteiger partial charge >= 0.3 is 0 Å². The Morgan fingerprint density at radius 3 is 3.05 bits per heavy atom. The normalized spacial score (nSPS) is 17.4. The number of carbonyl (C=O) groups is 1. The van der Waals surface area contributed by atoms with Gasteiger partial charge in [0.05, 0.1) is 6.61 Å². The molecule has 1 N–H and O–H groups in total. The number of hydrogen-bond donors (Lipinski definition) is 1. The molecule has 1 amide bonds. The number of rotatable bonds is 2. The Kier molecular flexibility index (Phi) is 3.80. The highest BCUT2D eigenvalue weighted by molar-refractivity contribution is 9.10. The highest BCUT2D eigenvalue weighted by atomic mass is 79.9. The van der Waals surface area contributed by atoms with Crippen molar-refractivity contribution in [2.45, 2.75) is 12.5 Å². The first kappa shape index (κ1) is 13.3. The largest absolute Gasteiger partial charge is 0.363 e. The van der Waals surface area contributed by atoms with E-state index in [0.29, 0.717) is 12.4 Å². The molecule has 0 saturated heterocycles. The third kappa shape index (κ3) is 2.73. The monoisotopic (exact) mass is 332 g/mol. The quantitative estimate of drug-likeness (QED) is 0.919. The van der Waals surface area contributed by atoms with Crippen molar-refractivity contribution in [3.8, 4) is 0 Å². The number of fused-ring (bicyclic) bond motifs is 1. The molecule has 1 aromatic heterocycles. The van der Waals surface area contributed by atoms with E-state index in [0.717, 1.165) is 16.5 Å². The average molecular weight is 333 g/mol. The van der Waals surface area contributed by atoms with Gasteiger partial charge in [-0.1, -0.05) is 40.2 Å². The van der Waals surface area contributed by atoms with Crippen LogP contribution in [0.2, 0.25) is 0 Å². The molecule has 0 aliphatic carbocycles. The Morgan fingerprint density at radius 1 is 1.35 bits per heavy atom. The lowest BCUT2D eigenvalue weighted by Crippen LogP contribution is -2.28. The summed E-state index contributed by atoms with van der Waals surface area (Å²) in [6.45, 7) is 0.557. The summed E-state index contributed by atoms with van der Waals surface area (Å²) in [7, 11) is 0. The number of halogens is 1. The van der Waals surface area contributed by atoms with Gasteiger partial charge in [0, 0.05) is 10.7 Å². The van der Waals surface area contributed by atoms with Crippen LogP contribution in [0.4, 0.5) is 5.82 Å². The lowest BCUT2D eigenvalue weighted by molar-refractivity contribution is -0.128. The van der Waals surface area contributed by atoms with Crippen LogP contribution in [0.1, 0.15) is 17.2 Å². The zero-order valence-corrected chi connectivity index (χ0v) is 12.3. The predicted octanol–water partition coefficient (Wildman–Crippen LogP) is 3.10. The molecule has 0 spiro atoms. The average Bonchev–Trinajstić information content (AvgIpc) is 2.46. The smallest absolute Gasteiger partial charge is 0.259 e. The summed E-state index contributed by atoms with van der Waals surface area (Å²) in [5.74, 6) is 0.318. The van der Waals surface area contributed by atoms with Crippen LogP contribution in [0.3, 0.4) is 0 Å². The molecule has 1 aliphatic rings. The number of anilines is 1. The van der Waals surface area contributed by atoms with E-state index in [1.807, 2.05) is 30.3 Å². The van der Waals surface area contributed by atoms with Gasteiger partial charge in [0.25, 0.3) is 5.91 Å². The van der Waals surface area contributed by atoms with Crippen LogP contribution in [0.15, 0.2) is 47.1 Å². The van der Waals surface area contributed by atoms with E-state index in [9.17, 15) is 4.79 Å². The summed E-state index contributed by atoms with van der Waals surface area (Å²) >= 11 is 3.35. The highest BCUT2D eigenvalue weighted by Crippen LogP contribution is 2.28. The number of aromatic nitrogens is 1. The van der Waals surface area contributed by atoms with Crippen molar-refractivity contribution >= 4 is 27.7 Å². The van der Waals surface area contributed by atoms with Gasteiger partial charge in [0.1, 0.15) is 5.82 Å². The Hall–Kier alpha value is -1.72. The molecule has 0 saturated carbocycles. The summed E-state index contributed by atoms with van der Waals surface area (Å²) in [5, 5.41) is 2.79. The number of pyridine rings is 1. The minimum Gasteiger partial charge on any atom is -0.363 e. The first-order chi connectivity index (χ1) is 9.74. The van der Waals surface area contributed by atoms with E-state index in [4.69, 9.17) is 4.74 Å². The number of nitrogens with zero attached hydrogens (tertiary/aromatic N) is 1. The van der Waals surface area contributed by atoms with E-state index in [1.165, 1.54) is 5.56 Å². The van der Waals surface area contributed by atoms with Gasteiger partial charge in [-0.05, 0) is 29.7 Å². The fourth-order valence-electron chi connectivity index (χ4n) is 2.28. The number of amides is 1. The molecule has 4 nitrogen and oxygen atoms in total. The second-order valence-electron chi connectivity index (χ2n) is 4.55. The van der Waals surface area contributed by atoms with E-state index in [-0.39, 0.29) is 5.91 Å². The SMILES string of the molecule is O=C(Nc1cc(Br)ccn1)C1OCCc2ccccc21. The van der Waals surface area contributed by atoms with Crippen LogP contribution < -0.4 is 5.32 Å². The van der Waals surface area contributed by atoms with Gasteiger partial charge in [-0.15, -0.1) is 0 Å². The van der Waals surface area contributed by atoms with Crippen LogP contribution >= 0.6 is 15.9 Å². The standard InChI is InChI=1S/C15H13BrN2O2/c16-11-5-7-17-13(9-11)18-15(19)14-12-4-2-1-3-10(12)6-8-20-14/h1-5,7,9,14H,6,8H2,(H,17,18,19). The topological polar surface area (TPSA) is 51.2 Å². The minimum absolute atomic E-state index is 0.192. The number of ether oxygens (including phenoxy) is 1. The van der Waals surface area contributed by atoms with Crippen LogP contribution in [0.25, 0.3) is 0 Å². The second kappa shape index (κ2) is 5.73. The van der Waals surface area contributed by atoms with Crippen molar-refractivity contribution in [1.29, 1.82) is 0 Å². The number of carbonyl (C=O) groups excluding carboxylic acids is 1. The van der Waals surface area contributed by atoms with Gasteiger partial charge in [0.15, 0.2) is 6.10 Å². The van der Waals surface area contributed by atoms with Crippen molar-refractivity contribution in [3.05, 3.63) is 58.2 Å². The molecule has 0 bridgehead atoms. The summed E-state index contributed by atoms with van der Waals surface area (Å²) in [5.41, 5.74) is 2.10. The second-order valence-corrected chi connectivity index (χ2v) is 5.46. The van der Waals surface area contributed by atoms with Crippen molar-refractivity contribution < 1.29 is 9.53 Å². The summed E-state index contributed by atoms with van der Waals surface area (Å²) < 4.78 is 6.49. The Labute approximate surface area is 125 Å². The van der Waals surface area contributed by atoms with E-state index < -0.39 is 6.10 Å². The third-order valence-electron chi connectivity index (χ3n) is 3.20. The van der Waals surface area contributed by atoms with Gasteiger partial charge in [-0.3, -0.25) is 4.79 Å². The lowest BCUT2D eigenvalue weighted by Gasteiger charge is -2.25. The Balaban J connectivity index is 1.82. The van der Waals surface area contributed by atoms with Crippen molar-refractivity contribution in [2.75, 3.05) is 11.9 Å². The lowest BCUT2D eigenvalue weighted by atomic mass is 9.97. The third-order valence-corrected chi connectivity index (χ3v) is 3.70. The van der Waals surface area contributed by atoms with Crippen molar-refractivity contribution in [3.63, 3.8) is 0 Å². The summed E-state index contributed by atoms with van der Waals surface area (Å²) in [6.07, 6.45) is 1.91. The zero-order chi connectivity index (χ0) is 13.9. The maximum atomic E-state index is 12.4. The molecular formula is C15H13BrN2O2. The Morgan fingerprint density at radius 2 is 2.20 bits per heavy atom. The predicted molar refractivity (Wildman–Crippen MR) is 79.4 cm³/mol. The molecule has 102 valence electrons. The number of nitrogens with one attached hydrogen (secondary N) is 1. The molecule has 0 radical (unpaired) electrons. The van der Waals surface area contributed by atoms with Gasteiger partial charge in [-0.25, -0.2) is 4.98 Å². The van der Waals surface area contributed by atoms with Crippen LogP contribution in [-0.4, -0.2) is 17.5 Å². The molecule has 20 heavy (non-hydrogen) atoms. The maximum absolute atomic E-state index is 12.4. The molecule has 5 heteroatoms. The van der Waals surface area contributed by atoms with Crippen molar-refractivity contribution in [1.82, 2.24) is 4.98 Å². The number of benzene rings is 1. The Bertz CT molecular complexity index is 645. The molecule has 2 aromatic rings. The first-order valence-corrected chi connectivity index (χ1v) is 7.15. The molecule has 3 rings (SSSR count). The van der Waals surface area contributed by atoms with Gasteiger partial charge < -0.3 is 10.1 Å². The van der Waals surface area contributed by atoms with Gasteiger partial charge in [-0.2, -0.15) is 0 Å². The fourth-order valence-corrected chi connectivity index (χ4v) is 2.61. The summed E-state index contributed by atoms with van der Waals surface area (Å²) in [4.78, 5) is 16.5. The molecule has 2 heterocycles. The van der Waals surface area contributed by atoms with Gasteiger partial charge in [0.2, 0.25) is 0 Å². The van der Waals surface area contributed by atoms with Crippen LogP contribution in [0, 0.1) is 0 Å².